The highest BCUT2D eigenvalue weighted by Crippen LogP contribution is 2.61. The summed E-state index contributed by atoms with van der Waals surface area (Å²) in [7, 11) is 0. The Kier molecular flexibility index (Phi) is 5.51. The Morgan fingerprint density at radius 3 is 1.42 bits per heavy atom. The lowest BCUT2D eigenvalue weighted by Gasteiger charge is -2.35. The largest absolute Gasteiger partial charge is 0.256 e. The number of nitriles is 1. The minimum absolute atomic E-state index is 0.503. The molecular weight excluding hydrogens is 544 g/mol. The van der Waals surface area contributed by atoms with Crippen LogP contribution in [0.4, 0.5) is 0 Å². The SMILES string of the molecule is N#Cc1ccc(-c2ccc(-c3ccc4c(c3)C3(c5ccccc5-c5ccccc5-4)c4ccccc4-c4ccccc43)nc2)cc1. The highest BCUT2D eigenvalue weighted by atomic mass is 14.7. The van der Waals surface area contributed by atoms with Crippen molar-refractivity contribution in [1.29, 1.82) is 5.26 Å². The third-order valence-corrected chi connectivity index (χ3v) is 9.62. The zero-order chi connectivity index (χ0) is 30.0. The van der Waals surface area contributed by atoms with Gasteiger partial charge in [-0.25, -0.2) is 0 Å². The molecule has 2 aliphatic rings. The van der Waals surface area contributed by atoms with E-state index in [1.54, 1.807) is 0 Å². The Morgan fingerprint density at radius 2 is 0.889 bits per heavy atom. The number of hydrogen-bond acceptors (Lipinski definition) is 2. The van der Waals surface area contributed by atoms with Gasteiger partial charge in [0.15, 0.2) is 0 Å². The first-order valence-corrected chi connectivity index (χ1v) is 15.3. The highest BCUT2D eigenvalue weighted by molar-refractivity contribution is 5.97. The van der Waals surface area contributed by atoms with Crippen LogP contribution in [0.1, 0.15) is 27.8 Å². The zero-order valence-corrected chi connectivity index (χ0v) is 24.4. The second-order valence-electron chi connectivity index (χ2n) is 11.8. The molecule has 0 fully saturated rings. The molecule has 2 nitrogen and oxygen atoms in total. The summed E-state index contributed by atoms with van der Waals surface area (Å²) in [6, 6.07) is 56.6. The molecule has 0 bridgehead atoms. The lowest BCUT2D eigenvalue weighted by molar-refractivity contribution is 0.775. The van der Waals surface area contributed by atoms with Crippen LogP contribution < -0.4 is 0 Å². The van der Waals surface area contributed by atoms with Crippen LogP contribution in [0.5, 0.6) is 0 Å². The molecule has 2 aliphatic carbocycles. The molecule has 1 heterocycles. The van der Waals surface area contributed by atoms with Crippen molar-refractivity contribution in [3.8, 4) is 61.8 Å². The van der Waals surface area contributed by atoms with Gasteiger partial charge in [-0.15, -0.1) is 0 Å². The Hall–Kier alpha value is -6.04. The third-order valence-electron chi connectivity index (χ3n) is 9.62. The summed E-state index contributed by atoms with van der Waals surface area (Å²) in [5.74, 6) is 0. The fourth-order valence-electron chi connectivity index (χ4n) is 7.68. The molecule has 0 aliphatic heterocycles. The van der Waals surface area contributed by atoms with Crippen molar-refractivity contribution in [3.63, 3.8) is 0 Å². The van der Waals surface area contributed by atoms with E-state index in [-0.39, 0.29) is 0 Å². The van der Waals surface area contributed by atoms with Gasteiger partial charge in [0.05, 0.1) is 22.7 Å². The fraction of sp³-hybridized carbons (Fsp3) is 0.0233. The molecule has 1 spiro atoms. The van der Waals surface area contributed by atoms with E-state index in [9.17, 15) is 5.26 Å². The van der Waals surface area contributed by atoms with Gasteiger partial charge < -0.3 is 0 Å². The van der Waals surface area contributed by atoms with Gasteiger partial charge in [0.1, 0.15) is 0 Å². The first-order valence-electron chi connectivity index (χ1n) is 15.3. The highest BCUT2D eigenvalue weighted by Gasteiger charge is 2.49. The lowest BCUT2D eigenvalue weighted by atomic mass is 9.65. The van der Waals surface area contributed by atoms with Crippen LogP contribution in [0.3, 0.4) is 0 Å². The minimum atomic E-state index is -0.503. The van der Waals surface area contributed by atoms with Crippen molar-refractivity contribution in [2.24, 2.45) is 0 Å². The number of fused-ring (bicyclic) bond motifs is 12. The standard InChI is InChI=1S/C43H26N2/c44-26-28-17-19-29(20-18-28)31-22-24-42(45-27-31)30-21-23-37-33-10-2-1-9-32(33)34-11-3-6-14-38(34)43(41(37)25-30)39-15-7-4-12-35(39)36-13-5-8-16-40(36)43/h1-25,27H. The van der Waals surface area contributed by atoms with Crippen LogP contribution in [0.15, 0.2) is 158 Å². The van der Waals surface area contributed by atoms with Crippen molar-refractivity contribution in [3.05, 3.63) is 186 Å². The van der Waals surface area contributed by atoms with Gasteiger partial charge in [-0.3, -0.25) is 4.98 Å². The molecule has 45 heavy (non-hydrogen) atoms. The second-order valence-corrected chi connectivity index (χ2v) is 11.8. The summed E-state index contributed by atoms with van der Waals surface area (Å²) >= 11 is 0. The molecular formula is C43H26N2. The van der Waals surface area contributed by atoms with Crippen molar-refractivity contribution >= 4 is 0 Å². The molecule has 7 aromatic rings. The number of benzene rings is 6. The van der Waals surface area contributed by atoms with E-state index >= 15 is 0 Å². The van der Waals surface area contributed by atoms with E-state index in [0.717, 1.165) is 22.4 Å². The summed E-state index contributed by atoms with van der Waals surface area (Å²) in [5, 5.41) is 9.19. The first kappa shape index (κ1) is 25.5. The third kappa shape index (κ3) is 3.59. The van der Waals surface area contributed by atoms with Gasteiger partial charge in [-0.05, 0) is 85.5 Å². The molecule has 0 radical (unpaired) electrons. The molecule has 0 unspecified atom stereocenters. The van der Waals surface area contributed by atoms with E-state index in [1.807, 2.05) is 30.5 Å². The van der Waals surface area contributed by atoms with Crippen LogP contribution in [-0.2, 0) is 5.41 Å². The lowest BCUT2D eigenvalue weighted by Crippen LogP contribution is -2.29. The van der Waals surface area contributed by atoms with Crippen LogP contribution in [0.2, 0.25) is 0 Å². The summed E-state index contributed by atoms with van der Waals surface area (Å²) in [6.07, 6.45) is 1.93. The van der Waals surface area contributed by atoms with Crippen molar-refractivity contribution in [1.82, 2.24) is 4.98 Å². The summed E-state index contributed by atoms with van der Waals surface area (Å²) < 4.78 is 0. The molecule has 208 valence electrons. The second kappa shape index (κ2) is 9.74. The smallest absolute Gasteiger partial charge is 0.0991 e. The average molecular weight is 571 g/mol. The number of nitrogens with zero attached hydrogens (tertiary/aromatic N) is 2. The topological polar surface area (TPSA) is 36.7 Å². The number of hydrogen-bond donors (Lipinski definition) is 0. The van der Waals surface area contributed by atoms with Crippen LogP contribution >= 0.6 is 0 Å². The maximum Gasteiger partial charge on any atom is 0.0991 e. The molecule has 6 aromatic carbocycles. The average Bonchev–Trinajstić information content (AvgIpc) is 3.37. The predicted molar refractivity (Wildman–Crippen MR) is 182 cm³/mol. The van der Waals surface area contributed by atoms with Gasteiger partial charge in [0, 0.05) is 17.3 Å². The van der Waals surface area contributed by atoms with Gasteiger partial charge >= 0.3 is 0 Å². The van der Waals surface area contributed by atoms with Crippen molar-refractivity contribution in [2.75, 3.05) is 0 Å². The number of aromatic nitrogens is 1. The first-order chi connectivity index (χ1) is 22.3. The molecule has 0 N–H and O–H groups in total. The predicted octanol–water partition coefficient (Wildman–Crippen LogP) is 10.3. The van der Waals surface area contributed by atoms with E-state index in [4.69, 9.17) is 4.98 Å². The number of rotatable bonds is 2. The maximum absolute atomic E-state index is 9.19. The van der Waals surface area contributed by atoms with Gasteiger partial charge in [0.2, 0.25) is 0 Å². The van der Waals surface area contributed by atoms with Crippen LogP contribution in [0.25, 0.3) is 55.8 Å². The normalized spacial score (nSPS) is 13.0. The Bertz CT molecular complexity index is 2280. The minimum Gasteiger partial charge on any atom is -0.256 e. The molecule has 0 atom stereocenters. The fourth-order valence-corrected chi connectivity index (χ4v) is 7.68. The molecule has 0 saturated carbocycles. The Labute approximate surface area is 262 Å². The molecule has 2 heteroatoms. The van der Waals surface area contributed by atoms with Crippen LogP contribution in [-0.4, -0.2) is 4.98 Å². The van der Waals surface area contributed by atoms with Gasteiger partial charge in [0.25, 0.3) is 0 Å². The van der Waals surface area contributed by atoms with E-state index in [1.165, 1.54) is 55.6 Å². The monoisotopic (exact) mass is 570 g/mol. The molecule has 0 amide bonds. The van der Waals surface area contributed by atoms with E-state index in [2.05, 4.69) is 133 Å². The number of pyridine rings is 1. The molecule has 1 aromatic heterocycles. The van der Waals surface area contributed by atoms with Gasteiger partial charge in [-0.2, -0.15) is 5.26 Å². The van der Waals surface area contributed by atoms with Crippen molar-refractivity contribution in [2.45, 2.75) is 5.41 Å². The quantitative estimate of drug-likeness (QED) is 0.207. The maximum atomic E-state index is 9.19. The summed E-state index contributed by atoms with van der Waals surface area (Å²) in [6.45, 7) is 0. The van der Waals surface area contributed by atoms with E-state index in [0.29, 0.717) is 5.56 Å². The molecule has 9 rings (SSSR count). The Balaban J connectivity index is 1.33. The van der Waals surface area contributed by atoms with Crippen LogP contribution in [0, 0.1) is 11.3 Å². The van der Waals surface area contributed by atoms with Gasteiger partial charge in [-0.1, -0.05) is 127 Å². The van der Waals surface area contributed by atoms with Crippen molar-refractivity contribution < 1.29 is 0 Å². The Morgan fingerprint density at radius 1 is 0.422 bits per heavy atom. The zero-order valence-electron chi connectivity index (χ0n) is 24.4. The summed E-state index contributed by atoms with van der Waals surface area (Å²) in [5.41, 5.74) is 17.0. The van der Waals surface area contributed by atoms with E-state index < -0.39 is 5.41 Å². The summed E-state index contributed by atoms with van der Waals surface area (Å²) in [4.78, 5) is 4.97. The molecule has 0 saturated heterocycles.